The number of aromatic nitrogens is 3. The van der Waals surface area contributed by atoms with Gasteiger partial charge in [-0.05, 0) is 48.9 Å². The molecule has 1 amide bonds. The van der Waals surface area contributed by atoms with Crippen LogP contribution in [0.1, 0.15) is 35.1 Å². The predicted molar refractivity (Wildman–Crippen MR) is 103 cm³/mol. The number of hydrogen-bond donors (Lipinski definition) is 2. The van der Waals surface area contributed by atoms with Crippen LogP contribution in [0.2, 0.25) is 0 Å². The Hall–Kier alpha value is -2.25. The second kappa shape index (κ2) is 7.40. The third kappa shape index (κ3) is 3.75. The van der Waals surface area contributed by atoms with Crippen molar-refractivity contribution in [2.45, 2.75) is 45.3 Å². The van der Waals surface area contributed by atoms with Gasteiger partial charge >= 0.3 is 0 Å². The van der Waals surface area contributed by atoms with E-state index >= 15 is 0 Å². The van der Waals surface area contributed by atoms with E-state index in [0.29, 0.717) is 0 Å². The summed E-state index contributed by atoms with van der Waals surface area (Å²) in [4.78, 5) is 18.8. The molecule has 0 aliphatic carbocycles. The molecule has 1 aromatic carbocycles. The fraction of sp³-hybridized carbons (Fsp3) is 0.550. The zero-order valence-electron chi connectivity index (χ0n) is 16.2. The molecule has 2 aromatic rings. The molecule has 0 unspecified atom stereocenters. The van der Waals surface area contributed by atoms with E-state index in [4.69, 9.17) is 0 Å². The molecule has 0 bridgehead atoms. The molecule has 7 nitrogen and oxygen atoms in total. The number of piperidine rings is 1. The minimum atomic E-state index is -0.352. The molecule has 0 radical (unpaired) electrons. The zero-order chi connectivity index (χ0) is 18.9. The molecule has 2 N–H and O–H groups in total. The molecule has 2 aliphatic rings. The van der Waals surface area contributed by atoms with E-state index in [1.54, 1.807) is 12.7 Å². The molecule has 1 spiro atoms. The Morgan fingerprint density at radius 1 is 1.07 bits per heavy atom. The Kier molecular flexibility index (Phi) is 4.97. The first kappa shape index (κ1) is 18.1. The predicted octanol–water partition coefficient (Wildman–Crippen LogP) is 0.997. The Morgan fingerprint density at radius 2 is 1.81 bits per heavy atom. The van der Waals surface area contributed by atoms with Crippen LogP contribution in [0.5, 0.6) is 0 Å². The van der Waals surface area contributed by atoms with Gasteiger partial charge in [0.25, 0.3) is 0 Å². The van der Waals surface area contributed by atoms with Crippen molar-refractivity contribution in [2.75, 3.05) is 26.2 Å². The lowest BCUT2D eigenvalue weighted by Gasteiger charge is -2.43. The largest absolute Gasteiger partial charge is 0.353 e. The molecule has 7 heteroatoms. The second-order valence-corrected chi connectivity index (χ2v) is 7.84. The van der Waals surface area contributed by atoms with Crippen molar-refractivity contribution in [1.29, 1.82) is 0 Å². The highest BCUT2D eigenvalue weighted by Crippen LogP contribution is 2.26. The quantitative estimate of drug-likeness (QED) is 0.842. The molecule has 0 atom stereocenters. The summed E-state index contributed by atoms with van der Waals surface area (Å²) in [6.07, 6.45) is 5.07. The van der Waals surface area contributed by atoms with Crippen molar-refractivity contribution in [1.82, 2.24) is 30.3 Å². The molecule has 4 rings (SSSR count). The van der Waals surface area contributed by atoms with E-state index < -0.39 is 0 Å². The van der Waals surface area contributed by atoms with Gasteiger partial charge in [0, 0.05) is 32.7 Å². The summed E-state index contributed by atoms with van der Waals surface area (Å²) in [5, 5.41) is 10.7. The normalized spacial score (nSPS) is 20.0. The topological polar surface area (TPSA) is 75.1 Å². The van der Waals surface area contributed by atoms with Gasteiger partial charge < -0.3 is 10.6 Å². The maximum atomic E-state index is 12.3. The number of benzene rings is 1. The second-order valence-electron chi connectivity index (χ2n) is 7.84. The van der Waals surface area contributed by atoms with Crippen molar-refractivity contribution in [3.63, 3.8) is 0 Å². The fourth-order valence-corrected chi connectivity index (χ4v) is 4.24. The molecule has 2 fully saturated rings. The highest BCUT2D eigenvalue weighted by Gasteiger charge is 2.42. The summed E-state index contributed by atoms with van der Waals surface area (Å²) >= 11 is 0. The molecule has 2 aliphatic heterocycles. The monoisotopic (exact) mass is 368 g/mol. The van der Waals surface area contributed by atoms with Crippen molar-refractivity contribution >= 4 is 5.91 Å². The van der Waals surface area contributed by atoms with E-state index in [1.165, 1.54) is 22.3 Å². The van der Waals surface area contributed by atoms with Gasteiger partial charge in [0.05, 0.1) is 6.54 Å². The fourth-order valence-electron chi connectivity index (χ4n) is 4.24. The van der Waals surface area contributed by atoms with Crippen LogP contribution in [0.25, 0.3) is 0 Å². The van der Waals surface area contributed by atoms with Crippen LogP contribution in [0, 0.1) is 13.8 Å². The van der Waals surface area contributed by atoms with Gasteiger partial charge in [0.15, 0.2) is 0 Å². The number of nitrogens with zero attached hydrogens (tertiary/aromatic N) is 4. The third-order valence-electron chi connectivity index (χ3n) is 6.01. The number of amides is 1. The molecular formula is C20H28N6O. The number of carbonyl (C=O) groups excluding carboxylic acids is 1. The Labute approximate surface area is 160 Å². The molecule has 1 aromatic heterocycles. The summed E-state index contributed by atoms with van der Waals surface area (Å²) in [6.45, 7) is 9.48. The van der Waals surface area contributed by atoms with Gasteiger partial charge in [0.1, 0.15) is 18.2 Å². The Morgan fingerprint density at radius 3 is 2.48 bits per heavy atom. The van der Waals surface area contributed by atoms with Crippen LogP contribution < -0.4 is 10.6 Å². The van der Waals surface area contributed by atoms with Crippen LogP contribution in [-0.2, 0) is 17.9 Å². The number of nitrogens with one attached hydrogen (secondary N) is 2. The van der Waals surface area contributed by atoms with E-state index in [-0.39, 0.29) is 11.4 Å². The average molecular weight is 368 g/mol. The van der Waals surface area contributed by atoms with Crippen LogP contribution in [0.4, 0.5) is 0 Å². The highest BCUT2D eigenvalue weighted by molar-refractivity contribution is 5.87. The first-order valence-electron chi connectivity index (χ1n) is 9.73. The van der Waals surface area contributed by atoms with Gasteiger partial charge in [-0.25, -0.2) is 9.67 Å². The SMILES string of the molecule is Cc1cc(C)c(Cn2cncn2)cc1CN1CCC2(CC1)NCCNC2=O. The van der Waals surface area contributed by atoms with Crippen molar-refractivity contribution in [3.05, 3.63) is 47.0 Å². The number of aryl methyl sites for hydroxylation is 2. The molecule has 27 heavy (non-hydrogen) atoms. The minimum absolute atomic E-state index is 0.176. The molecular weight excluding hydrogens is 340 g/mol. The Balaban J connectivity index is 1.44. The van der Waals surface area contributed by atoms with Crippen molar-refractivity contribution in [3.8, 4) is 0 Å². The maximum Gasteiger partial charge on any atom is 0.240 e. The summed E-state index contributed by atoms with van der Waals surface area (Å²) in [5.74, 6) is 0.176. The zero-order valence-corrected chi connectivity index (χ0v) is 16.2. The summed E-state index contributed by atoms with van der Waals surface area (Å²) in [7, 11) is 0. The van der Waals surface area contributed by atoms with Gasteiger partial charge in [-0.2, -0.15) is 5.10 Å². The lowest BCUT2D eigenvalue weighted by atomic mass is 9.85. The number of piperazine rings is 1. The van der Waals surface area contributed by atoms with Crippen LogP contribution in [-0.4, -0.2) is 57.3 Å². The molecule has 0 saturated carbocycles. The van der Waals surface area contributed by atoms with Crippen LogP contribution in [0.15, 0.2) is 24.8 Å². The van der Waals surface area contributed by atoms with E-state index in [1.807, 2.05) is 4.68 Å². The van der Waals surface area contributed by atoms with E-state index in [2.05, 4.69) is 51.6 Å². The van der Waals surface area contributed by atoms with Gasteiger partial charge in [-0.1, -0.05) is 12.1 Å². The van der Waals surface area contributed by atoms with Gasteiger partial charge in [-0.3, -0.25) is 9.69 Å². The summed E-state index contributed by atoms with van der Waals surface area (Å²) in [5.41, 5.74) is 4.89. The van der Waals surface area contributed by atoms with Gasteiger partial charge in [-0.15, -0.1) is 0 Å². The molecule has 144 valence electrons. The van der Waals surface area contributed by atoms with E-state index in [9.17, 15) is 4.79 Å². The first-order chi connectivity index (χ1) is 13.1. The number of hydrogen-bond acceptors (Lipinski definition) is 5. The summed E-state index contributed by atoms with van der Waals surface area (Å²) < 4.78 is 1.86. The number of carbonyl (C=O) groups is 1. The van der Waals surface area contributed by atoms with Crippen molar-refractivity contribution < 1.29 is 4.79 Å². The standard InChI is InChI=1S/C20H28N6O/c1-15-9-16(2)18(12-26-14-21-13-24-26)10-17(15)11-25-7-3-20(4-8-25)19(27)22-5-6-23-20/h9-10,13-14,23H,3-8,11-12H2,1-2H3,(H,22,27). The minimum Gasteiger partial charge on any atom is -0.353 e. The number of likely N-dealkylation sites (tertiary alicyclic amines) is 1. The lowest BCUT2D eigenvalue weighted by molar-refractivity contribution is -0.131. The maximum absolute atomic E-state index is 12.3. The van der Waals surface area contributed by atoms with Crippen LogP contribution in [0.3, 0.4) is 0 Å². The van der Waals surface area contributed by atoms with Crippen LogP contribution >= 0.6 is 0 Å². The molecule has 2 saturated heterocycles. The van der Waals surface area contributed by atoms with E-state index in [0.717, 1.165) is 52.1 Å². The van der Waals surface area contributed by atoms with Crippen molar-refractivity contribution in [2.24, 2.45) is 0 Å². The Bertz CT molecular complexity index is 808. The van der Waals surface area contributed by atoms with Gasteiger partial charge in [0.2, 0.25) is 5.91 Å². The highest BCUT2D eigenvalue weighted by atomic mass is 16.2. The molecule has 3 heterocycles. The summed E-state index contributed by atoms with van der Waals surface area (Å²) in [6, 6.07) is 4.57. The average Bonchev–Trinajstić information content (AvgIpc) is 3.17. The smallest absolute Gasteiger partial charge is 0.240 e. The lowest BCUT2D eigenvalue weighted by Crippen LogP contribution is -2.66. The number of rotatable bonds is 4. The third-order valence-corrected chi connectivity index (χ3v) is 6.01. The first-order valence-corrected chi connectivity index (χ1v) is 9.73.